The number of benzene rings is 3. The van der Waals surface area contributed by atoms with Gasteiger partial charge in [-0.05, 0) is 52.4 Å². The van der Waals surface area contributed by atoms with Crippen LogP contribution >= 0.6 is 0 Å². The number of hydrogen-bond acceptors (Lipinski definition) is 5. The SMILES string of the molecule is Cc1ccc(-n2nnnc2CN2CCN(C(=O)c3ccc4ccccc4c3)CC2)cc1. The summed E-state index contributed by atoms with van der Waals surface area (Å²) in [6, 6.07) is 22.2. The van der Waals surface area contributed by atoms with Crippen molar-refractivity contribution in [2.75, 3.05) is 26.2 Å². The number of carbonyl (C=O) groups excluding carboxylic acids is 1. The number of aromatic nitrogens is 4. The van der Waals surface area contributed by atoms with E-state index in [1.807, 2.05) is 53.4 Å². The van der Waals surface area contributed by atoms with Gasteiger partial charge in [-0.15, -0.1) is 5.10 Å². The first kappa shape index (κ1) is 19.4. The number of carbonyl (C=O) groups is 1. The standard InChI is InChI=1S/C24H24N6O/c1-18-6-10-22(11-7-18)30-23(25-26-27-30)17-28-12-14-29(15-13-28)24(31)21-9-8-19-4-2-3-5-20(19)16-21/h2-11,16H,12-15,17H2,1H3. The van der Waals surface area contributed by atoms with E-state index in [9.17, 15) is 4.79 Å². The fraction of sp³-hybridized carbons (Fsp3) is 0.250. The van der Waals surface area contributed by atoms with Gasteiger partial charge in [0.15, 0.2) is 5.82 Å². The predicted octanol–water partition coefficient (Wildman–Crippen LogP) is 3.08. The quantitative estimate of drug-likeness (QED) is 0.515. The van der Waals surface area contributed by atoms with Crippen molar-refractivity contribution >= 4 is 16.7 Å². The molecular formula is C24H24N6O. The summed E-state index contributed by atoms with van der Waals surface area (Å²) in [6.45, 7) is 5.68. The molecule has 1 aliphatic rings. The average molecular weight is 412 g/mol. The average Bonchev–Trinajstić information content (AvgIpc) is 3.27. The Morgan fingerprint density at radius 2 is 1.65 bits per heavy atom. The van der Waals surface area contributed by atoms with Crippen LogP contribution in [0.3, 0.4) is 0 Å². The second-order valence-corrected chi connectivity index (χ2v) is 7.97. The number of fused-ring (bicyclic) bond motifs is 1. The Kier molecular flexibility index (Phi) is 5.18. The predicted molar refractivity (Wildman–Crippen MR) is 119 cm³/mol. The van der Waals surface area contributed by atoms with Crippen LogP contribution in [0, 0.1) is 6.92 Å². The largest absolute Gasteiger partial charge is 0.336 e. The van der Waals surface area contributed by atoms with E-state index in [0.29, 0.717) is 19.6 Å². The van der Waals surface area contributed by atoms with Gasteiger partial charge in [-0.1, -0.05) is 48.0 Å². The summed E-state index contributed by atoms with van der Waals surface area (Å²) in [4.78, 5) is 17.2. The molecule has 1 fully saturated rings. The zero-order valence-corrected chi connectivity index (χ0v) is 17.5. The summed E-state index contributed by atoms with van der Waals surface area (Å²) in [7, 11) is 0. The summed E-state index contributed by atoms with van der Waals surface area (Å²) >= 11 is 0. The van der Waals surface area contributed by atoms with Gasteiger partial charge < -0.3 is 4.90 Å². The molecule has 1 aliphatic heterocycles. The van der Waals surface area contributed by atoms with Gasteiger partial charge in [-0.3, -0.25) is 9.69 Å². The van der Waals surface area contributed by atoms with Gasteiger partial charge in [-0.2, -0.15) is 4.68 Å². The highest BCUT2D eigenvalue weighted by molar-refractivity contribution is 5.98. The lowest BCUT2D eigenvalue weighted by molar-refractivity contribution is 0.0624. The first-order valence-corrected chi connectivity index (χ1v) is 10.5. The number of piperazine rings is 1. The highest BCUT2D eigenvalue weighted by Crippen LogP contribution is 2.18. The lowest BCUT2D eigenvalue weighted by Gasteiger charge is -2.34. The van der Waals surface area contributed by atoms with Crippen molar-refractivity contribution in [2.45, 2.75) is 13.5 Å². The van der Waals surface area contributed by atoms with Crippen molar-refractivity contribution in [2.24, 2.45) is 0 Å². The van der Waals surface area contributed by atoms with E-state index in [0.717, 1.165) is 40.9 Å². The molecule has 156 valence electrons. The van der Waals surface area contributed by atoms with Crippen molar-refractivity contribution in [3.05, 3.63) is 83.7 Å². The third-order valence-electron chi connectivity index (χ3n) is 5.83. The normalized spacial score (nSPS) is 14.8. The van der Waals surface area contributed by atoms with Gasteiger partial charge >= 0.3 is 0 Å². The summed E-state index contributed by atoms with van der Waals surface area (Å²) in [5, 5.41) is 14.5. The van der Waals surface area contributed by atoms with Crippen LogP contribution in [0.15, 0.2) is 66.7 Å². The van der Waals surface area contributed by atoms with E-state index in [1.54, 1.807) is 4.68 Å². The van der Waals surface area contributed by atoms with Crippen LogP contribution in [0.5, 0.6) is 0 Å². The van der Waals surface area contributed by atoms with Crippen LogP contribution in [0.4, 0.5) is 0 Å². The Balaban J connectivity index is 1.23. The molecule has 0 N–H and O–H groups in total. The fourth-order valence-electron chi connectivity index (χ4n) is 4.00. The lowest BCUT2D eigenvalue weighted by atomic mass is 10.1. The third kappa shape index (κ3) is 4.04. The van der Waals surface area contributed by atoms with E-state index in [4.69, 9.17) is 0 Å². The van der Waals surface area contributed by atoms with Gasteiger partial charge in [0.1, 0.15) is 0 Å². The number of amides is 1. The Hall–Kier alpha value is -3.58. The lowest BCUT2D eigenvalue weighted by Crippen LogP contribution is -2.48. The number of tetrazole rings is 1. The van der Waals surface area contributed by atoms with Gasteiger partial charge in [0.2, 0.25) is 0 Å². The summed E-state index contributed by atoms with van der Waals surface area (Å²) < 4.78 is 1.78. The topological polar surface area (TPSA) is 67.2 Å². The molecular weight excluding hydrogens is 388 g/mol. The summed E-state index contributed by atoms with van der Waals surface area (Å²) in [5.74, 6) is 0.896. The number of hydrogen-bond donors (Lipinski definition) is 0. The molecule has 4 aromatic rings. The van der Waals surface area contributed by atoms with E-state index in [-0.39, 0.29) is 5.91 Å². The van der Waals surface area contributed by atoms with Gasteiger partial charge in [0, 0.05) is 31.7 Å². The van der Waals surface area contributed by atoms with Crippen LogP contribution in [0.2, 0.25) is 0 Å². The zero-order chi connectivity index (χ0) is 21.2. The molecule has 0 saturated carbocycles. The summed E-state index contributed by atoms with van der Waals surface area (Å²) in [5.41, 5.74) is 2.90. The van der Waals surface area contributed by atoms with Crippen molar-refractivity contribution in [3.63, 3.8) is 0 Å². The smallest absolute Gasteiger partial charge is 0.253 e. The van der Waals surface area contributed by atoms with Crippen molar-refractivity contribution in [1.82, 2.24) is 30.0 Å². The van der Waals surface area contributed by atoms with Gasteiger partial charge in [0.05, 0.1) is 12.2 Å². The number of aryl methyl sites for hydroxylation is 1. The highest BCUT2D eigenvalue weighted by atomic mass is 16.2. The monoisotopic (exact) mass is 412 g/mol. The van der Waals surface area contributed by atoms with E-state index in [2.05, 4.69) is 45.5 Å². The van der Waals surface area contributed by atoms with Crippen molar-refractivity contribution < 1.29 is 4.79 Å². The van der Waals surface area contributed by atoms with Crippen molar-refractivity contribution in [3.8, 4) is 5.69 Å². The highest BCUT2D eigenvalue weighted by Gasteiger charge is 2.23. The van der Waals surface area contributed by atoms with E-state index >= 15 is 0 Å². The summed E-state index contributed by atoms with van der Waals surface area (Å²) in [6.07, 6.45) is 0. The molecule has 2 heterocycles. The molecule has 7 heteroatoms. The second kappa shape index (κ2) is 8.28. The minimum atomic E-state index is 0.0925. The molecule has 1 amide bonds. The number of nitrogens with zero attached hydrogens (tertiary/aromatic N) is 6. The molecule has 5 rings (SSSR count). The maximum atomic E-state index is 13.0. The van der Waals surface area contributed by atoms with E-state index in [1.165, 1.54) is 5.56 Å². The van der Waals surface area contributed by atoms with Crippen LogP contribution in [-0.4, -0.2) is 62.1 Å². The first-order chi connectivity index (χ1) is 15.2. The van der Waals surface area contributed by atoms with Crippen LogP contribution < -0.4 is 0 Å². The molecule has 3 aromatic carbocycles. The van der Waals surface area contributed by atoms with Gasteiger partial charge in [-0.25, -0.2) is 0 Å². The van der Waals surface area contributed by atoms with Crippen LogP contribution in [0.1, 0.15) is 21.7 Å². The Morgan fingerprint density at radius 1 is 0.903 bits per heavy atom. The zero-order valence-electron chi connectivity index (χ0n) is 17.5. The van der Waals surface area contributed by atoms with Crippen LogP contribution in [-0.2, 0) is 6.54 Å². The molecule has 0 atom stereocenters. The number of rotatable bonds is 4. The molecule has 7 nitrogen and oxygen atoms in total. The molecule has 0 unspecified atom stereocenters. The van der Waals surface area contributed by atoms with Crippen molar-refractivity contribution in [1.29, 1.82) is 0 Å². The minimum absolute atomic E-state index is 0.0925. The minimum Gasteiger partial charge on any atom is -0.336 e. The maximum absolute atomic E-state index is 13.0. The Labute approximate surface area is 180 Å². The maximum Gasteiger partial charge on any atom is 0.253 e. The first-order valence-electron chi connectivity index (χ1n) is 10.5. The molecule has 31 heavy (non-hydrogen) atoms. The van der Waals surface area contributed by atoms with E-state index < -0.39 is 0 Å². The molecule has 1 aromatic heterocycles. The van der Waals surface area contributed by atoms with Crippen LogP contribution in [0.25, 0.3) is 16.5 Å². The molecule has 0 bridgehead atoms. The van der Waals surface area contributed by atoms with Gasteiger partial charge in [0.25, 0.3) is 5.91 Å². The Morgan fingerprint density at radius 3 is 2.42 bits per heavy atom. The fourth-order valence-corrected chi connectivity index (χ4v) is 4.00. The Bertz CT molecular complexity index is 1210. The second-order valence-electron chi connectivity index (χ2n) is 7.97. The third-order valence-corrected chi connectivity index (χ3v) is 5.83. The molecule has 0 radical (unpaired) electrons. The molecule has 0 spiro atoms. The molecule has 0 aliphatic carbocycles. The molecule has 1 saturated heterocycles.